The largest absolute Gasteiger partial charge is 0.394 e. The van der Waals surface area contributed by atoms with Crippen molar-refractivity contribution in [3.8, 4) is 0 Å². The first kappa shape index (κ1) is 16.4. The van der Waals surface area contributed by atoms with Gasteiger partial charge in [0.2, 0.25) is 0 Å². The number of nitrogens with zero attached hydrogens (tertiary/aromatic N) is 2. The van der Waals surface area contributed by atoms with Crippen LogP contribution in [0.1, 0.15) is 12.5 Å². The number of hydrogen-bond donors (Lipinski definition) is 2. The molecule has 2 N–H and O–H groups in total. The lowest BCUT2D eigenvalue weighted by Crippen LogP contribution is -2.52. The van der Waals surface area contributed by atoms with E-state index in [0.717, 1.165) is 25.2 Å². The summed E-state index contributed by atoms with van der Waals surface area (Å²) in [6.07, 6.45) is 0. The molecule has 21 heavy (non-hydrogen) atoms. The maximum absolute atomic E-state index is 10.0. The van der Waals surface area contributed by atoms with Gasteiger partial charge in [-0.2, -0.15) is 0 Å². The van der Waals surface area contributed by atoms with Gasteiger partial charge in [-0.1, -0.05) is 37.3 Å². The monoisotopic (exact) mass is 291 g/mol. The summed E-state index contributed by atoms with van der Waals surface area (Å²) in [5.74, 6) is 0.657. The van der Waals surface area contributed by atoms with E-state index in [-0.39, 0.29) is 12.1 Å². The van der Waals surface area contributed by atoms with E-state index >= 15 is 0 Å². The Morgan fingerprint density at radius 3 is 2.43 bits per heavy atom. The van der Waals surface area contributed by atoms with Crippen molar-refractivity contribution in [2.45, 2.75) is 18.5 Å². The van der Waals surface area contributed by atoms with Gasteiger partial charge in [-0.25, -0.2) is 0 Å². The van der Waals surface area contributed by atoms with Gasteiger partial charge >= 0.3 is 0 Å². The van der Waals surface area contributed by atoms with E-state index in [9.17, 15) is 5.11 Å². The summed E-state index contributed by atoms with van der Waals surface area (Å²) in [4.78, 5) is 4.78. The summed E-state index contributed by atoms with van der Waals surface area (Å²) >= 11 is 0. The van der Waals surface area contributed by atoms with Crippen molar-refractivity contribution in [3.63, 3.8) is 0 Å². The van der Waals surface area contributed by atoms with Gasteiger partial charge in [-0.15, -0.1) is 0 Å². The van der Waals surface area contributed by atoms with Crippen molar-refractivity contribution in [2.75, 3.05) is 47.4 Å². The Kier molecular flexibility index (Phi) is 5.38. The lowest BCUT2D eigenvalue weighted by molar-refractivity contribution is 0.120. The molecule has 0 aliphatic carbocycles. The van der Waals surface area contributed by atoms with Gasteiger partial charge < -0.3 is 15.3 Å². The smallest absolute Gasteiger partial charge is 0.0795 e. The van der Waals surface area contributed by atoms with E-state index in [1.165, 1.54) is 0 Å². The highest BCUT2D eigenvalue weighted by atomic mass is 16.3. The van der Waals surface area contributed by atoms with Crippen LogP contribution in [-0.4, -0.2) is 68.3 Å². The first-order valence-electron chi connectivity index (χ1n) is 7.76. The molecule has 3 atom stereocenters. The molecule has 3 unspecified atom stereocenters. The molecule has 118 valence electrons. The lowest BCUT2D eigenvalue weighted by Gasteiger charge is -2.36. The predicted molar refractivity (Wildman–Crippen MR) is 87.3 cm³/mol. The summed E-state index contributed by atoms with van der Waals surface area (Å²) in [6.45, 7) is 5.39. The molecule has 0 amide bonds. The molecule has 1 saturated heterocycles. The van der Waals surface area contributed by atoms with Gasteiger partial charge in [0.25, 0.3) is 0 Å². The Morgan fingerprint density at radius 2 is 1.95 bits per heavy atom. The van der Waals surface area contributed by atoms with E-state index in [1.54, 1.807) is 0 Å². The number of likely N-dealkylation sites (tertiary alicyclic amines) is 1. The zero-order valence-electron chi connectivity index (χ0n) is 13.7. The fraction of sp³-hybridized carbons (Fsp3) is 0.647. The number of aliphatic hydroxyl groups is 1. The Balaban J connectivity index is 2.15. The highest BCUT2D eigenvalue weighted by molar-refractivity contribution is 5.25. The van der Waals surface area contributed by atoms with E-state index in [1.807, 2.05) is 25.2 Å². The van der Waals surface area contributed by atoms with Crippen LogP contribution in [0.25, 0.3) is 0 Å². The molecule has 1 aliphatic heterocycles. The highest BCUT2D eigenvalue weighted by Crippen LogP contribution is 2.26. The molecule has 0 saturated carbocycles. The van der Waals surface area contributed by atoms with E-state index in [2.05, 4.69) is 48.3 Å². The predicted octanol–water partition coefficient (Wildman–Crippen LogP) is 0.976. The van der Waals surface area contributed by atoms with Gasteiger partial charge in [0, 0.05) is 25.7 Å². The van der Waals surface area contributed by atoms with Gasteiger partial charge in [0.05, 0.1) is 12.1 Å². The topological polar surface area (TPSA) is 38.7 Å². The average molecular weight is 291 g/mol. The van der Waals surface area contributed by atoms with Crippen molar-refractivity contribution in [2.24, 2.45) is 5.92 Å². The quantitative estimate of drug-likeness (QED) is 0.819. The molecule has 1 aromatic carbocycles. The minimum Gasteiger partial charge on any atom is -0.394 e. The second-order valence-corrected chi connectivity index (χ2v) is 6.56. The van der Waals surface area contributed by atoms with Crippen LogP contribution >= 0.6 is 0 Å². The minimum absolute atomic E-state index is 0.102. The Morgan fingerprint density at radius 1 is 1.29 bits per heavy atom. The Bertz CT molecular complexity index is 431. The van der Waals surface area contributed by atoms with E-state index < -0.39 is 0 Å². The Labute approximate surface area is 128 Å². The molecule has 1 aromatic rings. The summed E-state index contributed by atoms with van der Waals surface area (Å²) in [7, 11) is 6.24. The molecule has 0 spiro atoms. The summed E-state index contributed by atoms with van der Waals surface area (Å²) in [5, 5.41) is 13.4. The standard InChI is InChI=1S/C17H29N3O/c1-14-10-20(11-16(14)19(3)4)12-17(13-21,18-2)15-8-6-5-7-9-15/h5-9,14,16,18,21H,10-13H2,1-4H3. The molecule has 1 heterocycles. The van der Waals surface area contributed by atoms with Crippen LogP contribution in [0, 0.1) is 5.92 Å². The van der Waals surface area contributed by atoms with Crippen LogP contribution in [0.2, 0.25) is 0 Å². The third-order valence-electron chi connectivity index (χ3n) is 4.88. The fourth-order valence-corrected chi connectivity index (χ4v) is 3.52. The first-order chi connectivity index (χ1) is 10.0. The third-order valence-corrected chi connectivity index (χ3v) is 4.88. The fourth-order valence-electron chi connectivity index (χ4n) is 3.52. The number of likely N-dealkylation sites (N-methyl/N-ethyl adjacent to an activating group) is 2. The van der Waals surface area contributed by atoms with Crippen LogP contribution in [0.5, 0.6) is 0 Å². The molecule has 1 fully saturated rings. The SMILES string of the molecule is CNC(CO)(CN1CC(C)C(N(C)C)C1)c1ccccc1. The normalized spacial score (nSPS) is 26.2. The highest BCUT2D eigenvalue weighted by Gasteiger charge is 2.37. The Hall–Kier alpha value is -0.940. The third kappa shape index (κ3) is 3.46. The average Bonchev–Trinajstić information content (AvgIpc) is 2.86. The maximum Gasteiger partial charge on any atom is 0.0795 e. The van der Waals surface area contributed by atoms with Crippen LogP contribution in [0.4, 0.5) is 0 Å². The summed E-state index contributed by atoms with van der Waals surface area (Å²) in [5.41, 5.74) is 0.762. The number of rotatable bonds is 6. The van der Waals surface area contributed by atoms with Crippen molar-refractivity contribution >= 4 is 0 Å². The second-order valence-electron chi connectivity index (χ2n) is 6.56. The molecule has 1 aliphatic rings. The molecule has 4 nitrogen and oxygen atoms in total. The maximum atomic E-state index is 10.0. The molecular formula is C17H29N3O. The first-order valence-corrected chi connectivity index (χ1v) is 7.76. The number of nitrogens with one attached hydrogen (secondary N) is 1. The number of benzene rings is 1. The lowest BCUT2D eigenvalue weighted by atomic mass is 9.90. The van der Waals surface area contributed by atoms with Crippen molar-refractivity contribution in [1.29, 1.82) is 0 Å². The molecule has 0 bridgehead atoms. The summed E-state index contributed by atoms with van der Waals surface area (Å²) in [6, 6.07) is 10.9. The minimum atomic E-state index is -0.387. The zero-order valence-corrected chi connectivity index (χ0v) is 13.7. The molecule has 0 radical (unpaired) electrons. The molecule has 0 aromatic heterocycles. The van der Waals surface area contributed by atoms with E-state index in [0.29, 0.717) is 12.0 Å². The van der Waals surface area contributed by atoms with Crippen LogP contribution in [0.15, 0.2) is 30.3 Å². The van der Waals surface area contributed by atoms with Gasteiger partial charge in [0.1, 0.15) is 0 Å². The van der Waals surface area contributed by atoms with E-state index in [4.69, 9.17) is 0 Å². The van der Waals surface area contributed by atoms with Crippen molar-refractivity contribution in [1.82, 2.24) is 15.1 Å². The molecular weight excluding hydrogens is 262 g/mol. The van der Waals surface area contributed by atoms with Gasteiger partial charge in [-0.05, 0) is 32.6 Å². The summed E-state index contributed by atoms with van der Waals surface area (Å²) < 4.78 is 0. The van der Waals surface area contributed by atoms with Gasteiger partial charge in [-0.3, -0.25) is 4.90 Å². The van der Waals surface area contributed by atoms with Crippen LogP contribution in [-0.2, 0) is 5.54 Å². The molecule has 4 heteroatoms. The van der Waals surface area contributed by atoms with Gasteiger partial charge in [0.15, 0.2) is 0 Å². The molecule has 2 rings (SSSR count). The van der Waals surface area contributed by atoms with Crippen LogP contribution in [0.3, 0.4) is 0 Å². The number of hydrogen-bond acceptors (Lipinski definition) is 4. The zero-order chi connectivity index (χ0) is 15.5. The van der Waals surface area contributed by atoms with Crippen molar-refractivity contribution < 1.29 is 5.11 Å². The number of aliphatic hydroxyl groups excluding tert-OH is 1. The van der Waals surface area contributed by atoms with Crippen molar-refractivity contribution in [3.05, 3.63) is 35.9 Å². The second kappa shape index (κ2) is 6.88. The van der Waals surface area contributed by atoms with Crippen LogP contribution < -0.4 is 5.32 Å².